The van der Waals surface area contributed by atoms with Gasteiger partial charge in [-0.25, -0.2) is 0 Å². The van der Waals surface area contributed by atoms with Crippen molar-refractivity contribution >= 4 is 29.9 Å². The largest absolute Gasteiger partial charge is 0.493 e. The van der Waals surface area contributed by atoms with Gasteiger partial charge in [-0.05, 0) is 48.8 Å². The van der Waals surface area contributed by atoms with E-state index < -0.39 is 0 Å². The number of benzene rings is 1. The Bertz CT molecular complexity index is 578. The van der Waals surface area contributed by atoms with Crippen LogP contribution in [0.15, 0.2) is 23.2 Å². The number of nitrogens with one attached hydrogen (secondary N) is 1. The van der Waals surface area contributed by atoms with Crippen molar-refractivity contribution in [2.75, 3.05) is 40.9 Å². The number of aliphatic imine (C=N–C) groups is 1. The van der Waals surface area contributed by atoms with Crippen molar-refractivity contribution in [3.8, 4) is 11.5 Å². The van der Waals surface area contributed by atoms with Crippen molar-refractivity contribution < 1.29 is 9.47 Å². The normalized spacial score (nSPS) is 17.2. The molecule has 1 aliphatic heterocycles. The minimum Gasteiger partial charge on any atom is -0.493 e. The molecule has 0 amide bonds. The fourth-order valence-electron chi connectivity index (χ4n) is 3.57. The first kappa shape index (κ1) is 22.9. The number of ether oxygens (including phenoxy) is 2. The first-order valence-corrected chi connectivity index (χ1v) is 9.23. The SMILES string of the molecule is CN=C(NCCc1ccc(OC)c(OC)c1)N1CCC(CC(C)C)C1.I. The van der Waals surface area contributed by atoms with Gasteiger partial charge in [-0.2, -0.15) is 0 Å². The Labute approximate surface area is 175 Å². The summed E-state index contributed by atoms with van der Waals surface area (Å²) in [6.45, 7) is 7.69. The smallest absolute Gasteiger partial charge is 0.193 e. The number of likely N-dealkylation sites (tertiary alicyclic amines) is 1. The molecule has 0 aliphatic carbocycles. The van der Waals surface area contributed by atoms with Crippen molar-refractivity contribution in [3.63, 3.8) is 0 Å². The van der Waals surface area contributed by atoms with Gasteiger partial charge in [0.15, 0.2) is 17.5 Å². The van der Waals surface area contributed by atoms with Crippen LogP contribution in [-0.4, -0.2) is 51.8 Å². The summed E-state index contributed by atoms with van der Waals surface area (Å²) in [6, 6.07) is 6.08. The predicted molar refractivity (Wildman–Crippen MR) is 119 cm³/mol. The summed E-state index contributed by atoms with van der Waals surface area (Å²) in [5.74, 6) is 4.13. The van der Waals surface area contributed by atoms with Crippen LogP contribution in [0.25, 0.3) is 0 Å². The molecule has 1 heterocycles. The molecule has 1 aliphatic rings. The molecule has 1 saturated heterocycles. The third kappa shape index (κ3) is 6.52. The summed E-state index contributed by atoms with van der Waals surface area (Å²) in [4.78, 5) is 6.85. The van der Waals surface area contributed by atoms with Crippen LogP contribution >= 0.6 is 24.0 Å². The second-order valence-electron chi connectivity index (χ2n) is 7.14. The highest BCUT2D eigenvalue weighted by Crippen LogP contribution is 2.27. The monoisotopic (exact) mass is 475 g/mol. The van der Waals surface area contributed by atoms with Crippen molar-refractivity contribution in [2.24, 2.45) is 16.8 Å². The summed E-state index contributed by atoms with van der Waals surface area (Å²) >= 11 is 0. The summed E-state index contributed by atoms with van der Waals surface area (Å²) in [5.41, 5.74) is 1.22. The van der Waals surface area contributed by atoms with E-state index in [0.717, 1.165) is 55.3 Å². The fraction of sp³-hybridized carbons (Fsp3) is 0.650. The van der Waals surface area contributed by atoms with Gasteiger partial charge >= 0.3 is 0 Å². The summed E-state index contributed by atoms with van der Waals surface area (Å²) < 4.78 is 10.7. The number of guanidine groups is 1. The average molecular weight is 475 g/mol. The van der Waals surface area contributed by atoms with Gasteiger partial charge in [0.25, 0.3) is 0 Å². The van der Waals surface area contributed by atoms with Gasteiger partial charge in [0.05, 0.1) is 14.2 Å². The Hall–Kier alpha value is -1.18. The second-order valence-corrected chi connectivity index (χ2v) is 7.14. The van der Waals surface area contributed by atoms with E-state index >= 15 is 0 Å². The third-order valence-electron chi connectivity index (χ3n) is 4.75. The van der Waals surface area contributed by atoms with E-state index in [-0.39, 0.29) is 24.0 Å². The Morgan fingerprint density at radius 1 is 1.27 bits per heavy atom. The molecule has 0 radical (unpaired) electrons. The van der Waals surface area contributed by atoms with Crippen molar-refractivity contribution in [3.05, 3.63) is 23.8 Å². The average Bonchev–Trinajstić information content (AvgIpc) is 3.05. The van der Waals surface area contributed by atoms with Crippen LogP contribution in [0.5, 0.6) is 11.5 Å². The van der Waals surface area contributed by atoms with Gasteiger partial charge in [0, 0.05) is 26.7 Å². The maximum atomic E-state index is 5.37. The molecule has 1 fully saturated rings. The van der Waals surface area contributed by atoms with Crippen LogP contribution < -0.4 is 14.8 Å². The lowest BCUT2D eigenvalue weighted by molar-refractivity contribution is 0.354. The molecule has 26 heavy (non-hydrogen) atoms. The van der Waals surface area contributed by atoms with Crippen LogP contribution in [0.1, 0.15) is 32.3 Å². The Balaban J connectivity index is 0.00000338. The maximum Gasteiger partial charge on any atom is 0.193 e. The van der Waals surface area contributed by atoms with Gasteiger partial charge in [-0.15, -0.1) is 24.0 Å². The predicted octanol–water partition coefficient (Wildman–Crippen LogP) is 3.81. The molecule has 1 unspecified atom stereocenters. The summed E-state index contributed by atoms with van der Waals surface area (Å²) in [5, 5.41) is 3.50. The van der Waals surface area contributed by atoms with Crippen LogP contribution in [0.4, 0.5) is 0 Å². The van der Waals surface area contributed by atoms with Gasteiger partial charge in [-0.1, -0.05) is 19.9 Å². The molecule has 1 aromatic carbocycles. The minimum atomic E-state index is 0. The number of hydrogen-bond donors (Lipinski definition) is 1. The fourth-order valence-corrected chi connectivity index (χ4v) is 3.57. The third-order valence-corrected chi connectivity index (χ3v) is 4.75. The zero-order chi connectivity index (χ0) is 18.2. The van der Waals surface area contributed by atoms with E-state index in [1.165, 1.54) is 18.4 Å². The molecule has 6 heteroatoms. The Morgan fingerprint density at radius 2 is 2.00 bits per heavy atom. The van der Waals surface area contributed by atoms with Gasteiger partial charge in [-0.3, -0.25) is 4.99 Å². The standard InChI is InChI=1S/C20H33N3O2.HI/c1-15(2)12-17-9-11-23(14-17)20(21-3)22-10-8-16-6-7-18(24-4)19(13-16)25-5;/h6-7,13,15,17H,8-12,14H2,1-5H3,(H,21,22);1H. The number of methoxy groups -OCH3 is 2. The lowest BCUT2D eigenvalue weighted by atomic mass is 9.97. The van der Waals surface area contributed by atoms with E-state index in [2.05, 4.69) is 35.1 Å². The lowest BCUT2D eigenvalue weighted by Gasteiger charge is -2.22. The number of nitrogens with zero attached hydrogens (tertiary/aromatic N) is 2. The molecular formula is C20H34IN3O2. The topological polar surface area (TPSA) is 46.1 Å². The number of rotatable bonds is 7. The molecule has 0 spiro atoms. The second kappa shape index (κ2) is 11.5. The van der Waals surface area contributed by atoms with Crippen molar-refractivity contribution in [2.45, 2.75) is 33.1 Å². The molecule has 148 valence electrons. The zero-order valence-electron chi connectivity index (χ0n) is 16.7. The van der Waals surface area contributed by atoms with Crippen LogP contribution in [0.3, 0.4) is 0 Å². The van der Waals surface area contributed by atoms with Gasteiger partial charge in [0.1, 0.15) is 0 Å². The van der Waals surface area contributed by atoms with E-state index in [1.807, 2.05) is 19.2 Å². The summed E-state index contributed by atoms with van der Waals surface area (Å²) in [6.07, 6.45) is 3.50. The molecule has 0 bridgehead atoms. The molecule has 1 atom stereocenters. The highest BCUT2D eigenvalue weighted by molar-refractivity contribution is 14.0. The van der Waals surface area contributed by atoms with Crippen molar-refractivity contribution in [1.29, 1.82) is 0 Å². The van der Waals surface area contributed by atoms with Crippen LogP contribution in [0, 0.1) is 11.8 Å². The first-order chi connectivity index (χ1) is 12.1. The molecular weight excluding hydrogens is 441 g/mol. The first-order valence-electron chi connectivity index (χ1n) is 9.23. The zero-order valence-corrected chi connectivity index (χ0v) is 19.1. The van der Waals surface area contributed by atoms with Crippen LogP contribution in [-0.2, 0) is 6.42 Å². The highest BCUT2D eigenvalue weighted by atomic mass is 127. The molecule has 1 aromatic rings. The summed E-state index contributed by atoms with van der Waals surface area (Å²) in [7, 11) is 5.20. The van der Waals surface area contributed by atoms with E-state index in [1.54, 1.807) is 14.2 Å². The van der Waals surface area contributed by atoms with Crippen molar-refractivity contribution in [1.82, 2.24) is 10.2 Å². The maximum absolute atomic E-state index is 5.37. The number of halogens is 1. The van der Waals surface area contributed by atoms with E-state index in [0.29, 0.717) is 0 Å². The Morgan fingerprint density at radius 3 is 2.62 bits per heavy atom. The minimum absolute atomic E-state index is 0. The van der Waals surface area contributed by atoms with E-state index in [9.17, 15) is 0 Å². The van der Waals surface area contributed by atoms with Crippen LogP contribution in [0.2, 0.25) is 0 Å². The number of hydrogen-bond acceptors (Lipinski definition) is 3. The molecule has 2 rings (SSSR count). The molecule has 5 nitrogen and oxygen atoms in total. The molecule has 0 saturated carbocycles. The van der Waals surface area contributed by atoms with E-state index in [4.69, 9.17) is 9.47 Å². The van der Waals surface area contributed by atoms with Gasteiger partial charge in [0.2, 0.25) is 0 Å². The highest BCUT2D eigenvalue weighted by Gasteiger charge is 2.25. The van der Waals surface area contributed by atoms with Gasteiger partial charge < -0.3 is 19.7 Å². The Kier molecular flexibility index (Phi) is 10.1. The lowest BCUT2D eigenvalue weighted by Crippen LogP contribution is -2.40. The molecule has 1 N–H and O–H groups in total. The molecule has 0 aromatic heterocycles. The quantitative estimate of drug-likeness (QED) is 0.370.